The fourth-order valence-corrected chi connectivity index (χ4v) is 4.48. The molecule has 0 aliphatic heterocycles. The zero-order chi connectivity index (χ0) is 21.6. The molecule has 1 aromatic carbocycles. The van der Waals surface area contributed by atoms with Crippen molar-refractivity contribution in [1.29, 1.82) is 0 Å². The number of carbonyl (C=O) groups excluding carboxylic acids is 1. The first-order chi connectivity index (χ1) is 14.6. The van der Waals surface area contributed by atoms with Gasteiger partial charge in [0.15, 0.2) is 0 Å². The van der Waals surface area contributed by atoms with Gasteiger partial charge in [-0.1, -0.05) is 24.6 Å². The van der Waals surface area contributed by atoms with Crippen molar-refractivity contribution >= 4 is 5.91 Å². The monoisotopic (exact) mass is 414 g/mol. The van der Waals surface area contributed by atoms with E-state index in [-0.39, 0.29) is 5.91 Å². The Morgan fingerprint density at radius 3 is 2.77 bits per heavy atom. The van der Waals surface area contributed by atoms with Crippen LogP contribution in [0.25, 0.3) is 0 Å². The molecule has 168 valence electrons. The van der Waals surface area contributed by atoms with E-state index in [9.17, 15) is 4.79 Å². The van der Waals surface area contributed by atoms with E-state index < -0.39 is 0 Å². The molecule has 2 rings (SSSR count). The average Bonchev–Trinajstić information content (AvgIpc) is 3.19. The molecular formula is C26H42N2O2. The van der Waals surface area contributed by atoms with Gasteiger partial charge in [0.1, 0.15) is 0 Å². The van der Waals surface area contributed by atoms with Crippen LogP contribution in [0.2, 0.25) is 0 Å². The second-order valence-corrected chi connectivity index (χ2v) is 8.79. The van der Waals surface area contributed by atoms with Crippen LogP contribution in [-0.4, -0.2) is 39.3 Å². The van der Waals surface area contributed by atoms with Crippen molar-refractivity contribution in [1.82, 2.24) is 10.6 Å². The molecule has 4 nitrogen and oxygen atoms in total. The summed E-state index contributed by atoms with van der Waals surface area (Å²) in [6.07, 6.45) is 12.5. The Morgan fingerprint density at radius 2 is 1.97 bits per heavy atom. The molecule has 1 aliphatic rings. The maximum absolute atomic E-state index is 12.7. The zero-order valence-corrected chi connectivity index (χ0v) is 19.2. The number of aryl methyl sites for hydroxylation is 2. The summed E-state index contributed by atoms with van der Waals surface area (Å²) in [5.74, 6) is 1.73. The smallest absolute Gasteiger partial charge is 0.251 e. The Bertz CT molecular complexity index is 644. The summed E-state index contributed by atoms with van der Waals surface area (Å²) >= 11 is 0. The van der Waals surface area contributed by atoms with Gasteiger partial charge in [0, 0.05) is 25.3 Å². The molecule has 0 spiro atoms. The predicted molar refractivity (Wildman–Crippen MR) is 126 cm³/mol. The summed E-state index contributed by atoms with van der Waals surface area (Å²) in [7, 11) is 1.96. The largest absolute Gasteiger partial charge is 0.381 e. The average molecular weight is 415 g/mol. The van der Waals surface area contributed by atoms with E-state index in [0.717, 1.165) is 81.4 Å². The fourth-order valence-electron chi connectivity index (χ4n) is 4.48. The molecule has 30 heavy (non-hydrogen) atoms. The first-order valence-electron chi connectivity index (χ1n) is 11.8. The summed E-state index contributed by atoms with van der Waals surface area (Å²) < 4.78 is 5.66. The van der Waals surface area contributed by atoms with Crippen molar-refractivity contribution in [3.05, 3.63) is 47.5 Å². The number of carbonyl (C=O) groups is 1. The normalized spacial score (nSPS) is 18.5. The van der Waals surface area contributed by atoms with E-state index >= 15 is 0 Å². The number of allylic oxidation sites excluding steroid dienone is 1. The lowest BCUT2D eigenvalue weighted by molar-refractivity contribution is 0.0951. The molecule has 0 aromatic heterocycles. The van der Waals surface area contributed by atoms with Crippen molar-refractivity contribution in [3.8, 4) is 0 Å². The summed E-state index contributed by atoms with van der Waals surface area (Å²) in [6.45, 7) is 9.22. The highest BCUT2D eigenvalue weighted by Gasteiger charge is 2.23. The Labute approximate surface area is 183 Å². The van der Waals surface area contributed by atoms with Gasteiger partial charge in [-0.2, -0.15) is 0 Å². The molecule has 2 N–H and O–H groups in total. The summed E-state index contributed by atoms with van der Waals surface area (Å²) in [5, 5.41) is 6.26. The zero-order valence-electron chi connectivity index (χ0n) is 19.2. The minimum Gasteiger partial charge on any atom is -0.381 e. The highest BCUT2D eigenvalue weighted by molar-refractivity contribution is 5.95. The van der Waals surface area contributed by atoms with Crippen LogP contribution in [0.15, 0.2) is 30.9 Å². The van der Waals surface area contributed by atoms with Gasteiger partial charge in [0.2, 0.25) is 0 Å². The highest BCUT2D eigenvalue weighted by Crippen LogP contribution is 2.35. The molecule has 1 amide bonds. The van der Waals surface area contributed by atoms with Crippen LogP contribution in [0.5, 0.6) is 0 Å². The van der Waals surface area contributed by atoms with E-state index in [0.29, 0.717) is 0 Å². The first kappa shape index (κ1) is 24.6. The molecular weight excluding hydrogens is 372 g/mol. The quantitative estimate of drug-likeness (QED) is 0.312. The summed E-state index contributed by atoms with van der Waals surface area (Å²) in [5.41, 5.74) is 3.07. The van der Waals surface area contributed by atoms with Crippen LogP contribution >= 0.6 is 0 Å². The molecule has 0 radical (unpaired) electrons. The number of hydrogen-bond acceptors (Lipinski definition) is 3. The number of nitrogens with one attached hydrogen (secondary N) is 2. The van der Waals surface area contributed by atoms with Crippen LogP contribution < -0.4 is 10.6 Å². The van der Waals surface area contributed by atoms with Crippen LogP contribution in [0.4, 0.5) is 0 Å². The number of hydrogen-bond donors (Lipinski definition) is 2. The third-order valence-electron chi connectivity index (χ3n) is 6.24. The van der Waals surface area contributed by atoms with Crippen LogP contribution in [0.1, 0.15) is 72.9 Å². The molecule has 0 heterocycles. The van der Waals surface area contributed by atoms with Crippen molar-refractivity contribution in [2.75, 3.05) is 33.4 Å². The standard InChI is InChI=1S/C26H42N2O2/c1-4-8-22-13-14-23(19-22)9-5-16-28-26(29)25-20-24(12-11-21(25)2)10-6-17-30-18-7-15-27-3/h4,11-12,20,22-23,27H,1,5-10,13-19H2,2-3H3,(H,28,29). The number of amides is 1. The van der Waals surface area contributed by atoms with E-state index in [1.165, 1.54) is 31.2 Å². The number of benzene rings is 1. The lowest BCUT2D eigenvalue weighted by Gasteiger charge is -2.12. The molecule has 1 aliphatic carbocycles. The second-order valence-electron chi connectivity index (χ2n) is 8.79. The van der Waals surface area contributed by atoms with Gasteiger partial charge in [-0.15, -0.1) is 6.58 Å². The van der Waals surface area contributed by atoms with Crippen LogP contribution in [-0.2, 0) is 11.2 Å². The van der Waals surface area contributed by atoms with Gasteiger partial charge in [-0.25, -0.2) is 0 Å². The SMILES string of the molecule is C=CCC1CCC(CCCNC(=O)c2cc(CCCOCCCNC)ccc2C)C1. The van der Waals surface area contributed by atoms with Gasteiger partial charge < -0.3 is 15.4 Å². The first-order valence-corrected chi connectivity index (χ1v) is 11.8. The molecule has 0 saturated heterocycles. The minimum absolute atomic E-state index is 0.0635. The van der Waals surface area contributed by atoms with Crippen LogP contribution in [0.3, 0.4) is 0 Å². The Kier molecular flexibility index (Phi) is 11.8. The van der Waals surface area contributed by atoms with Crippen LogP contribution in [0, 0.1) is 18.8 Å². The Morgan fingerprint density at radius 1 is 1.17 bits per heavy atom. The van der Waals surface area contributed by atoms with Crippen molar-refractivity contribution in [2.24, 2.45) is 11.8 Å². The van der Waals surface area contributed by atoms with Gasteiger partial charge >= 0.3 is 0 Å². The number of ether oxygens (including phenoxy) is 1. The Hall–Kier alpha value is -1.65. The molecule has 2 unspecified atom stereocenters. The second kappa shape index (κ2) is 14.4. The molecule has 1 saturated carbocycles. The topological polar surface area (TPSA) is 50.4 Å². The van der Waals surface area contributed by atoms with Gasteiger partial charge in [-0.3, -0.25) is 4.79 Å². The van der Waals surface area contributed by atoms with Gasteiger partial charge in [0.25, 0.3) is 5.91 Å². The Balaban J connectivity index is 1.67. The third kappa shape index (κ3) is 9.01. The lowest BCUT2D eigenvalue weighted by Crippen LogP contribution is -2.25. The minimum atomic E-state index is 0.0635. The predicted octanol–water partition coefficient (Wildman–Crippen LogP) is 5.06. The summed E-state index contributed by atoms with van der Waals surface area (Å²) in [4.78, 5) is 12.7. The van der Waals surface area contributed by atoms with Crippen molar-refractivity contribution in [3.63, 3.8) is 0 Å². The fraction of sp³-hybridized carbons (Fsp3) is 0.654. The van der Waals surface area contributed by atoms with E-state index in [1.807, 2.05) is 14.0 Å². The molecule has 1 aromatic rings. The highest BCUT2D eigenvalue weighted by atomic mass is 16.5. The van der Waals surface area contributed by atoms with E-state index in [2.05, 4.69) is 41.5 Å². The van der Waals surface area contributed by atoms with Gasteiger partial charge in [-0.05, 0) is 101 Å². The molecule has 0 bridgehead atoms. The van der Waals surface area contributed by atoms with E-state index in [1.54, 1.807) is 0 Å². The molecule has 4 heteroatoms. The maximum Gasteiger partial charge on any atom is 0.251 e. The lowest BCUT2D eigenvalue weighted by atomic mass is 9.98. The number of rotatable bonds is 15. The van der Waals surface area contributed by atoms with Crippen molar-refractivity contribution in [2.45, 2.75) is 64.7 Å². The van der Waals surface area contributed by atoms with Gasteiger partial charge in [0.05, 0.1) is 0 Å². The summed E-state index contributed by atoms with van der Waals surface area (Å²) in [6, 6.07) is 6.26. The third-order valence-corrected chi connectivity index (χ3v) is 6.24. The van der Waals surface area contributed by atoms with Crippen molar-refractivity contribution < 1.29 is 9.53 Å². The molecule has 2 atom stereocenters. The molecule has 1 fully saturated rings. The maximum atomic E-state index is 12.7. The van der Waals surface area contributed by atoms with E-state index in [4.69, 9.17) is 4.74 Å².